The van der Waals surface area contributed by atoms with Crippen molar-refractivity contribution in [2.75, 3.05) is 6.54 Å². The third-order valence-electron chi connectivity index (χ3n) is 3.52. The van der Waals surface area contributed by atoms with Crippen LogP contribution >= 0.6 is 15.9 Å². The normalized spacial score (nSPS) is 14.7. The van der Waals surface area contributed by atoms with Gasteiger partial charge in [-0.05, 0) is 50.4 Å². The fourth-order valence-corrected chi connectivity index (χ4v) is 2.89. The number of nitrogens with one attached hydrogen (secondary N) is 1. The molecule has 0 unspecified atom stereocenters. The Bertz CT molecular complexity index is 590. The van der Waals surface area contributed by atoms with E-state index in [1.807, 2.05) is 6.20 Å². The van der Waals surface area contributed by atoms with Gasteiger partial charge in [-0.15, -0.1) is 0 Å². The zero-order chi connectivity index (χ0) is 13.9. The van der Waals surface area contributed by atoms with E-state index in [0.717, 1.165) is 47.1 Å². The molecule has 2 aromatic rings. The van der Waals surface area contributed by atoms with E-state index < -0.39 is 0 Å². The third kappa shape index (κ3) is 3.49. The molecule has 0 bridgehead atoms. The maximum Gasteiger partial charge on any atom is 0.194 e. The minimum Gasteiger partial charge on any atom is -0.441 e. The molecule has 3 rings (SSSR count). The average molecular weight is 335 g/mol. The van der Waals surface area contributed by atoms with Gasteiger partial charge in [-0.25, -0.2) is 4.98 Å². The van der Waals surface area contributed by atoms with E-state index in [1.54, 1.807) is 0 Å². The summed E-state index contributed by atoms with van der Waals surface area (Å²) >= 11 is 3.58. The van der Waals surface area contributed by atoms with Gasteiger partial charge >= 0.3 is 0 Å². The van der Waals surface area contributed by atoms with Crippen molar-refractivity contribution in [2.24, 2.45) is 0 Å². The van der Waals surface area contributed by atoms with Gasteiger partial charge in [0.25, 0.3) is 0 Å². The van der Waals surface area contributed by atoms with Gasteiger partial charge in [-0.3, -0.25) is 0 Å². The van der Waals surface area contributed by atoms with Crippen LogP contribution in [0.2, 0.25) is 0 Å². The Morgan fingerprint density at radius 1 is 1.40 bits per heavy atom. The molecular formula is C16H19BrN2O. The highest BCUT2D eigenvalue weighted by Gasteiger charge is 2.19. The highest BCUT2D eigenvalue weighted by molar-refractivity contribution is 9.10. The third-order valence-corrected chi connectivity index (χ3v) is 4.18. The lowest BCUT2D eigenvalue weighted by molar-refractivity contribution is 0.491. The van der Waals surface area contributed by atoms with Crippen LogP contribution in [0.4, 0.5) is 0 Å². The molecule has 1 N–H and O–H groups in total. The van der Waals surface area contributed by atoms with Gasteiger partial charge in [-0.2, -0.15) is 0 Å². The Hall–Kier alpha value is -1.13. The van der Waals surface area contributed by atoms with Crippen LogP contribution in [0.25, 0.3) is 11.3 Å². The van der Waals surface area contributed by atoms with Crippen molar-refractivity contribution in [3.63, 3.8) is 0 Å². The summed E-state index contributed by atoms with van der Waals surface area (Å²) in [6, 6.07) is 7.02. The van der Waals surface area contributed by atoms with E-state index >= 15 is 0 Å². The quantitative estimate of drug-likeness (QED) is 0.808. The molecule has 106 valence electrons. The standard InChI is InChI=1S/C16H19BrN2O/c1-11-4-7-13(14(17)9-11)15-10-19-16(20-15)3-2-8-18-12-5-6-12/h4,7,9-10,12,18H,2-3,5-6,8H2,1H3. The Labute approximate surface area is 127 Å². The SMILES string of the molecule is Cc1ccc(-c2cnc(CCCNC3CC3)o2)c(Br)c1. The van der Waals surface area contributed by atoms with E-state index in [-0.39, 0.29) is 0 Å². The number of rotatable bonds is 6. The summed E-state index contributed by atoms with van der Waals surface area (Å²) in [5.74, 6) is 1.66. The van der Waals surface area contributed by atoms with E-state index in [9.17, 15) is 0 Å². The van der Waals surface area contributed by atoms with Crippen LogP contribution in [-0.2, 0) is 6.42 Å². The van der Waals surface area contributed by atoms with Crippen molar-refractivity contribution < 1.29 is 4.42 Å². The number of aryl methyl sites for hydroxylation is 2. The van der Waals surface area contributed by atoms with Crippen LogP contribution in [0, 0.1) is 6.92 Å². The number of halogens is 1. The highest BCUT2D eigenvalue weighted by atomic mass is 79.9. The molecule has 1 heterocycles. The molecule has 0 aliphatic heterocycles. The van der Waals surface area contributed by atoms with Crippen LogP contribution in [0.15, 0.2) is 33.3 Å². The Kier molecular flexibility index (Phi) is 4.22. The molecule has 1 saturated carbocycles. The first-order chi connectivity index (χ1) is 9.72. The second-order valence-corrected chi connectivity index (χ2v) is 6.29. The summed E-state index contributed by atoms with van der Waals surface area (Å²) in [6.45, 7) is 3.13. The number of hydrogen-bond acceptors (Lipinski definition) is 3. The number of aromatic nitrogens is 1. The predicted molar refractivity (Wildman–Crippen MR) is 83.7 cm³/mol. The number of benzene rings is 1. The van der Waals surface area contributed by atoms with Crippen molar-refractivity contribution in [2.45, 2.75) is 38.6 Å². The monoisotopic (exact) mass is 334 g/mol. The molecule has 0 saturated heterocycles. The molecule has 4 heteroatoms. The molecule has 0 radical (unpaired) electrons. The van der Waals surface area contributed by atoms with Crippen LogP contribution in [-0.4, -0.2) is 17.6 Å². The molecule has 1 aliphatic rings. The van der Waals surface area contributed by atoms with E-state index in [4.69, 9.17) is 4.42 Å². The zero-order valence-electron chi connectivity index (χ0n) is 11.7. The van der Waals surface area contributed by atoms with E-state index in [0.29, 0.717) is 0 Å². The second-order valence-electron chi connectivity index (χ2n) is 5.43. The van der Waals surface area contributed by atoms with Crippen LogP contribution in [0.5, 0.6) is 0 Å². The smallest absolute Gasteiger partial charge is 0.194 e. The summed E-state index contributed by atoms with van der Waals surface area (Å²) in [7, 11) is 0. The Balaban J connectivity index is 1.60. The van der Waals surface area contributed by atoms with Crippen LogP contribution < -0.4 is 5.32 Å². The molecular weight excluding hydrogens is 316 g/mol. The first kappa shape index (κ1) is 13.8. The van der Waals surface area contributed by atoms with E-state index in [2.05, 4.69) is 51.4 Å². The highest BCUT2D eigenvalue weighted by Crippen LogP contribution is 2.29. The largest absolute Gasteiger partial charge is 0.441 e. The summed E-state index contributed by atoms with van der Waals surface area (Å²) in [5.41, 5.74) is 2.29. The maximum atomic E-state index is 5.84. The number of oxazole rings is 1. The first-order valence-electron chi connectivity index (χ1n) is 7.17. The molecule has 0 amide bonds. The summed E-state index contributed by atoms with van der Waals surface area (Å²) in [6.07, 6.45) is 6.46. The second kappa shape index (κ2) is 6.10. The summed E-state index contributed by atoms with van der Waals surface area (Å²) < 4.78 is 6.90. The Morgan fingerprint density at radius 3 is 3.00 bits per heavy atom. The molecule has 0 atom stereocenters. The average Bonchev–Trinajstić information content (AvgIpc) is 3.13. The Morgan fingerprint density at radius 2 is 2.25 bits per heavy atom. The first-order valence-corrected chi connectivity index (χ1v) is 7.96. The lowest BCUT2D eigenvalue weighted by Crippen LogP contribution is -2.17. The maximum absolute atomic E-state index is 5.84. The van der Waals surface area contributed by atoms with Crippen molar-refractivity contribution in [1.82, 2.24) is 10.3 Å². The van der Waals surface area contributed by atoms with Gasteiger partial charge in [-0.1, -0.05) is 22.0 Å². The van der Waals surface area contributed by atoms with Gasteiger partial charge < -0.3 is 9.73 Å². The topological polar surface area (TPSA) is 38.1 Å². The van der Waals surface area contributed by atoms with Crippen molar-refractivity contribution in [3.8, 4) is 11.3 Å². The molecule has 3 nitrogen and oxygen atoms in total. The van der Waals surface area contributed by atoms with Gasteiger partial charge in [0.2, 0.25) is 0 Å². The van der Waals surface area contributed by atoms with Crippen molar-refractivity contribution in [3.05, 3.63) is 40.3 Å². The van der Waals surface area contributed by atoms with Crippen molar-refractivity contribution in [1.29, 1.82) is 0 Å². The van der Waals surface area contributed by atoms with Gasteiger partial charge in [0.15, 0.2) is 11.7 Å². The summed E-state index contributed by atoms with van der Waals surface area (Å²) in [4.78, 5) is 4.37. The van der Waals surface area contributed by atoms with Crippen LogP contribution in [0.1, 0.15) is 30.7 Å². The minimum absolute atomic E-state index is 0.777. The lowest BCUT2D eigenvalue weighted by atomic mass is 10.1. The van der Waals surface area contributed by atoms with Crippen LogP contribution in [0.3, 0.4) is 0 Å². The zero-order valence-corrected chi connectivity index (χ0v) is 13.2. The molecule has 1 aliphatic carbocycles. The molecule has 1 aromatic carbocycles. The lowest BCUT2D eigenvalue weighted by Gasteiger charge is -2.02. The number of hydrogen-bond donors (Lipinski definition) is 1. The predicted octanol–water partition coefficient (Wildman–Crippen LogP) is 4.10. The molecule has 20 heavy (non-hydrogen) atoms. The summed E-state index contributed by atoms with van der Waals surface area (Å²) in [5, 5.41) is 3.50. The van der Waals surface area contributed by atoms with Gasteiger partial charge in [0, 0.05) is 22.5 Å². The fraction of sp³-hybridized carbons (Fsp3) is 0.438. The van der Waals surface area contributed by atoms with Gasteiger partial charge in [0.05, 0.1) is 6.20 Å². The molecule has 0 spiro atoms. The van der Waals surface area contributed by atoms with Gasteiger partial charge in [0.1, 0.15) is 0 Å². The molecule has 1 fully saturated rings. The fourth-order valence-electron chi connectivity index (χ4n) is 2.20. The minimum atomic E-state index is 0.777. The number of nitrogens with zero attached hydrogens (tertiary/aromatic N) is 1. The molecule has 1 aromatic heterocycles. The van der Waals surface area contributed by atoms with E-state index in [1.165, 1.54) is 18.4 Å². The van der Waals surface area contributed by atoms with Crippen molar-refractivity contribution >= 4 is 15.9 Å².